The highest BCUT2D eigenvalue weighted by molar-refractivity contribution is 7.68. The second-order valence-electron chi connectivity index (χ2n) is 6.73. The van der Waals surface area contributed by atoms with Gasteiger partial charge in [0.2, 0.25) is 0 Å². The van der Waals surface area contributed by atoms with E-state index in [0.717, 1.165) is 6.66 Å². The molecule has 2 aromatic heterocycles. The molecule has 3 rings (SSSR count). The average Bonchev–Trinajstić information content (AvgIpc) is 3.19. The van der Waals surface area contributed by atoms with Crippen molar-refractivity contribution in [2.24, 2.45) is 0 Å². The lowest BCUT2D eigenvalue weighted by molar-refractivity contribution is -0.0482. The minimum atomic E-state index is -5.44. The van der Waals surface area contributed by atoms with Crippen LogP contribution >= 0.6 is 23.2 Å². The number of hydrogen-bond acceptors (Lipinski definition) is 12. The molecule has 180 valence electrons. The molecule has 1 saturated heterocycles. The average molecular weight is 518 g/mol. The molecule has 1 aliphatic heterocycles. The van der Waals surface area contributed by atoms with E-state index >= 15 is 0 Å². The highest BCUT2D eigenvalue weighted by Crippen LogP contribution is 2.66. The Labute approximate surface area is 180 Å². The lowest BCUT2D eigenvalue weighted by atomic mass is 10.1. The molecule has 0 amide bonds. The number of hydrogen-bond donors (Lipinski definition) is 5. The van der Waals surface area contributed by atoms with Crippen LogP contribution in [0.3, 0.4) is 0 Å². The van der Waals surface area contributed by atoms with Gasteiger partial charge in [-0.25, -0.2) is 28.4 Å². The summed E-state index contributed by atoms with van der Waals surface area (Å²) in [6, 6.07) is 0. The minimum Gasteiger partial charge on any atom is -0.387 e. The van der Waals surface area contributed by atoms with E-state index in [9.17, 15) is 28.8 Å². The van der Waals surface area contributed by atoms with Crippen LogP contribution in [-0.2, 0) is 38.0 Å². The molecule has 1 aliphatic rings. The zero-order valence-electron chi connectivity index (χ0n) is 16.6. The van der Waals surface area contributed by atoms with Crippen LogP contribution in [0.2, 0.25) is 0 Å². The maximum Gasteiger partial charge on any atom is 0.488 e. The third kappa shape index (κ3) is 5.86. The van der Waals surface area contributed by atoms with Crippen molar-refractivity contribution in [3.8, 4) is 0 Å². The molecular weight excluding hydrogens is 497 g/mol. The van der Waals surface area contributed by atoms with Gasteiger partial charge in [-0.15, -0.1) is 0 Å². The summed E-state index contributed by atoms with van der Waals surface area (Å²) >= 11 is 0. The Bertz CT molecular complexity index is 1120. The van der Waals surface area contributed by atoms with Crippen molar-refractivity contribution in [2.75, 3.05) is 13.3 Å². The van der Waals surface area contributed by atoms with E-state index in [4.69, 9.17) is 19.0 Å². The van der Waals surface area contributed by atoms with Crippen molar-refractivity contribution in [2.45, 2.75) is 37.9 Å². The fraction of sp³-hybridized carbons (Fsp3) is 0.615. The molecule has 0 bridgehead atoms. The second-order valence-corrected chi connectivity index (χ2v) is 11.8. The number of aliphatic hydroxyl groups excluding tert-OH is 2. The number of fused-ring (bicyclic) bond motifs is 1. The van der Waals surface area contributed by atoms with Gasteiger partial charge in [0.05, 0.1) is 18.6 Å². The highest BCUT2D eigenvalue weighted by Gasteiger charge is 2.46. The molecule has 5 N–H and O–H groups in total. The van der Waals surface area contributed by atoms with Crippen molar-refractivity contribution in [1.29, 1.82) is 0 Å². The van der Waals surface area contributed by atoms with Crippen molar-refractivity contribution >= 4 is 34.4 Å². The smallest absolute Gasteiger partial charge is 0.387 e. The van der Waals surface area contributed by atoms with Gasteiger partial charge < -0.3 is 34.2 Å². The number of rotatable bonds is 9. The summed E-state index contributed by atoms with van der Waals surface area (Å²) in [4.78, 5) is 38.9. The summed E-state index contributed by atoms with van der Waals surface area (Å²) in [6.07, 6.45) is -2.18. The van der Waals surface area contributed by atoms with Gasteiger partial charge in [0.15, 0.2) is 11.9 Å². The predicted molar refractivity (Wildman–Crippen MR) is 104 cm³/mol. The Morgan fingerprint density at radius 1 is 1.09 bits per heavy atom. The van der Waals surface area contributed by atoms with E-state index in [1.54, 1.807) is 0 Å². The molecule has 0 aromatic carbocycles. The SMILES string of the molecule is CCc1ncnc2c1ncn2C1OC(COP(C)(=O)OP(=O)(O)OP(=O)(O)O)C(O)C1O. The number of aryl methyl sites for hydroxylation is 1. The van der Waals surface area contributed by atoms with Crippen LogP contribution in [0, 0.1) is 0 Å². The van der Waals surface area contributed by atoms with Gasteiger partial charge in [-0.05, 0) is 6.42 Å². The lowest BCUT2D eigenvalue weighted by Crippen LogP contribution is -2.33. The first-order chi connectivity index (χ1) is 14.7. The Balaban J connectivity index is 1.70. The van der Waals surface area contributed by atoms with E-state index in [2.05, 4.69) is 23.6 Å². The molecule has 6 atom stereocenters. The summed E-state index contributed by atoms with van der Waals surface area (Å²) in [5, 5.41) is 20.7. The normalized spacial score (nSPS) is 28.0. The van der Waals surface area contributed by atoms with Crippen LogP contribution in [0.4, 0.5) is 0 Å². The molecule has 16 nitrogen and oxygen atoms in total. The standard InChI is InChI=1S/C13H21N4O12P3/c1-3-7-9-12(15-5-14-7)17(6-16-9)13-11(19)10(18)8(27-13)4-26-30(2,20)28-32(24,25)29-31(21,22)23/h5-6,8,10-11,13,18-19H,3-4H2,1-2H3,(H,24,25)(H2,21,22,23). The van der Waals surface area contributed by atoms with E-state index in [0.29, 0.717) is 23.3 Å². The molecule has 0 spiro atoms. The van der Waals surface area contributed by atoms with Crippen LogP contribution in [0.5, 0.6) is 0 Å². The Hall–Kier alpha value is -1.12. The van der Waals surface area contributed by atoms with Crippen LogP contribution in [0.15, 0.2) is 12.7 Å². The van der Waals surface area contributed by atoms with Gasteiger partial charge in [-0.2, -0.15) is 4.31 Å². The van der Waals surface area contributed by atoms with E-state index in [-0.39, 0.29) is 0 Å². The maximum absolute atomic E-state index is 12.3. The van der Waals surface area contributed by atoms with Crippen LogP contribution < -0.4 is 0 Å². The van der Waals surface area contributed by atoms with Crippen molar-refractivity contribution in [3.63, 3.8) is 0 Å². The first-order valence-electron chi connectivity index (χ1n) is 8.94. The molecular formula is C13H21N4O12P3. The van der Waals surface area contributed by atoms with E-state index in [1.807, 2.05) is 6.92 Å². The number of phosphoric acid groups is 2. The number of imidazole rings is 1. The van der Waals surface area contributed by atoms with E-state index < -0.39 is 54.4 Å². The van der Waals surface area contributed by atoms with E-state index in [1.165, 1.54) is 17.2 Å². The molecule has 0 radical (unpaired) electrons. The summed E-state index contributed by atoms with van der Waals surface area (Å²) in [7, 11) is -15.3. The maximum atomic E-state index is 12.3. The van der Waals surface area contributed by atoms with Gasteiger partial charge >= 0.3 is 23.2 Å². The monoisotopic (exact) mass is 518 g/mol. The number of nitrogens with zero attached hydrogens (tertiary/aromatic N) is 4. The molecule has 19 heteroatoms. The van der Waals surface area contributed by atoms with Crippen LogP contribution in [0.25, 0.3) is 11.2 Å². The van der Waals surface area contributed by atoms with Crippen molar-refractivity contribution in [3.05, 3.63) is 18.3 Å². The molecule has 0 aliphatic carbocycles. The lowest BCUT2D eigenvalue weighted by Gasteiger charge is -2.20. The quantitative estimate of drug-likeness (QED) is 0.276. The molecule has 6 unspecified atom stereocenters. The van der Waals surface area contributed by atoms with Gasteiger partial charge in [-0.1, -0.05) is 6.92 Å². The van der Waals surface area contributed by atoms with Crippen LogP contribution in [-0.4, -0.2) is 76.0 Å². The second kappa shape index (κ2) is 9.26. The molecule has 2 aromatic rings. The fourth-order valence-electron chi connectivity index (χ4n) is 3.01. The minimum absolute atomic E-state index is 0.343. The van der Waals surface area contributed by atoms with Gasteiger partial charge in [0, 0.05) is 6.66 Å². The Morgan fingerprint density at radius 2 is 1.78 bits per heavy atom. The highest BCUT2D eigenvalue weighted by atomic mass is 31.3. The van der Waals surface area contributed by atoms with Gasteiger partial charge in [-0.3, -0.25) is 9.13 Å². The topological polar surface area (TPSA) is 233 Å². The van der Waals surface area contributed by atoms with Gasteiger partial charge in [0.25, 0.3) is 0 Å². The third-order valence-corrected chi connectivity index (χ3v) is 8.62. The Morgan fingerprint density at radius 3 is 2.41 bits per heavy atom. The zero-order chi connectivity index (χ0) is 23.9. The summed E-state index contributed by atoms with van der Waals surface area (Å²) in [6.45, 7) is 1.93. The van der Waals surface area contributed by atoms with Crippen molar-refractivity contribution < 1.29 is 56.5 Å². The molecule has 3 heterocycles. The zero-order valence-corrected chi connectivity index (χ0v) is 19.3. The molecule has 32 heavy (non-hydrogen) atoms. The van der Waals surface area contributed by atoms with Crippen molar-refractivity contribution in [1.82, 2.24) is 19.5 Å². The third-order valence-electron chi connectivity index (χ3n) is 4.32. The first kappa shape index (κ1) is 25.5. The molecule has 0 saturated carbocycles. The Kier molecular flexibility index (Phi) is 7.38. The number of ether oxygens (including phenoxy) is 1. The van der Waals surface area contributed by atoms with Crippen LogP contribution in [0.1, 0.15) is 18.8 Å². The van der Waals surface area contributed by atoms with Gasteiger partial charge in [0.1, 0.15) is 30.2 Å². The summed E-state index contributed by atoms with van der Waals surface area (Å²) < 4.78 is 54.2. The summed E-state index contributed by atoms with van der Waals surface area (Å²) in [5.41, 5.74) is 1.49. The molecule has 1 fully saturated rings. The number of aromatic nitrogens is 4. The largest absolute Gasteiger partial charge is 0.488 e. The summed E-state index contributed by atoms with van der Waals surface area (Å²) in [5.74, 6) is 0. The fourth-order valence-corrected chi connectivity index (χ4v) is 6.58. The number of aliphatic hydroxyl groups is 2. The predicted octanol–water partition coefficient (Wildman–Crippen LogP) is 0.0737. The first-order valence-corrected chi connectivity index (χ1v) is 14.0.